The van der Waals surface area contributed by atoms with Crippen LogP contribution in [0.4, 0.5) is 5.69 Å². The lowest BCUT2D eigenvalue weighted by Crippen LogP contribution is -2.35. The molecule has 0 aliphatic heterocycles. The molecule has 0 heterocycles. The van der Waals surface area contributed by atoms with Crippen molar-refractivity contribution in [2.45, 2.75) is 31.4 Å². The minimum absolute atomic E-state index is 0.0750. The van der Waals surface area contributed by atoms with E-state index in [-0.39, 0.29) is 5.91 Å². The van der Waals surface area contributed by atoms with Crippen molar-refractivity contribution in [1.82, 2.24) is 5.32 Å². The Kier molecular flexibility index (Phi) is 5.19. The molecule has 4 nitrogen and oxygen atoms in total. The van der Waals surface area contributed by atoms with Gasteiger partial charge in [0.25, 0.3) is 0 Å². The number of nitrogens with one attached hydrogen (secondary N) is 2. The zero-order valence-corrected chi connectivity index (χ0v) is 11.7. The quantitative estimate of drug-likeness (QED) is 0.872. The topological polar surface area (TPSA) is 50.4 Å². The average molecular weight is 283 g/mol. The van der Waals surface area contributed by atoms with Crippen molar-refractivity contribution in [3.63, 3.8) is 0 Å². The number of hydrogen-bond acceptors (Lipinski definition) is 3. The van der Waals surface area contributed by atoms with Gasteiger partial charge in [0.2, 0.25) is 5.91 Å². The van der Waals surface area contributed by atoms with E-state index in [1.807, 2.05) is 12.1 Å². The molecule has 1 saturated carbocycles. The van der Waals surface area contributed by atoms with E-state index in [4.69, 9.17) is 16.3 Å². The molecule has 2 unspecified atom stereocenters. The van der Waals surface area contributed by atoms with Crippen molar-refractivity contribution in [3.05, 3.63) is 29.3 Å². The van der Waals surface area contributed by atoms with Crippen molar-refractivity contribution < 1.29 is 9.53 Å². The van der Waals surface area contributed by atoms with Crippen LogP contribution in [0.15, 0.2) is 24.3 Å². The largest absolute Gasteiger partial charge is 0.381 e. The number of carbonyl (C=O) groups is 1. The molecule has 0 aromatic heterocycles. The molecule has 1 aliphatic carbocycles. The summed E-state index contributed by atoms with van der Waals surface area (Å²) in [5.41, 5.74) is 0.650. The van der Waals surface area contributed by atoms with Gasteiger partial charge in [-0.25, -0.2) is 0 Å². The summed E-state index contributed by atoms with van der Waals surface area (Å²) in [7, 11) is 1.73. The molecular formula is C14H19ClN2O2. The molecule has 5 heteroatoms. The molecule has 0 saturated heterocycles. The first-order valence-corrected chi connectivity index (χ1v) is 6.87. The first-order valence-electron chi connectivity index (χ1n) is 6.49. The van der Waals surface area contributed by atoms with Crippen LogP contribution < -0.4 is 10.6 Å². The number of hydrogen-bond donors (Lipinski definition) is 2. The van der Waals surface area contributed by atoms with Gasteiger partial charge in [0.1, 0.15) is 0 Å². The number of para-hydroxylation sites is 1. The van der Waals surface area contributed by atoms with Crippen LogP contribution in [0, 0.1) is 0 Å². The summed E-state index contributed by atoms with van der Waals surface area (Å²) in [6, 6.07) is 7.58. The molecule has 19 heavy (non-hydrogen) atoms. The van der Waals surface area contributed by atoms with Gasteiger partial charge in [-0.05, 0) is 31.4 Å². The number of halogens is 1. The number of rotatable bonds is 5. The van der Waals surface area contributed by atoms with E-state index in [9.17, 15) is 4.79 Å². The molecule has 1 aromatic rings. The van der Waals surface area contributed by atoms with E-state index in [1.165, 1.54) is 0 Å². The highest BCUT2D eigenvalue weighted by Crippen LogP contribution is 2.22. The molecular weight excluding hydrogens is 264 g/mol. The lowest BCUT2D eigenvalue weighted by molar-refractivity contribution is -0.115. The Labute approximate surface area is 118 Å². The third-order valence-corrected chi connectivity index (χ3v) is 3.75. The molecule has 1 aromatic carbocycles. The molecule has 1 amide bonds. The predicted molar refractivity (Wildman–Crippen MR) is 76.5 cm³/mol. The van der Waals surface area contributed by atoms with Crippen molar-refractivity contribution in [2.24, 2.45) is 0 Å². The highest BCUT2D eigenvalue weighted by molar-refractivity contribution is 6.33. The molecule has 0 radical (unpaired) electrons. The first kappa shape index (κ1) is 14.3. The standard InChI is InChI=1S/C14H19ClN2O2/c1-19-11-7-6-10(8-11)16-9-14(18)17-13-5-3-2-4-12(13)15/h2-5,10-11,16H,6-9H2,1H3,(H,17,18). The monoisotopic (exact) mass is 282 g/mol. The van der Waals surface area contributed by atoms with Gasteiger partial charge >= 0.3 is 0 Å². The van der Waals surface area contributed by atoms with Crippen LogP contribution >= 0.6 is 11.6 Å². The number of ether oxygens (including phenoxy) is 1. The SMILES string of the molecule is COC1CCC(NCC(=O)Nc2ccccc2Cl)C1. The van der Waals surface area contributed by atoms with Gasteiger partial charge < -0.3 is 15.4 Å². The second kappa shape index (κ2) is 6.89. The second-order valence-electron chi connectivity index (χ2n) is 4.78. The van der Waals surface area contributed by atoms with E-state index in [2.05, 4.69) is 10.6 Å². The Morgan fingerprint density at radius 1 is 1.42 bits per heavy atom. The zero-order chi connectivity index (χ0) is 13.7. The van der Waals surface area contributed by atoms with E-state index < -0.39 is 0 Å². The number of anilines is 1. The molecule has 104 valence electrons. The summed E-state index contributed by atoms with van der Waals surface area (Å²) in [4.78, 5) is 11.8. The Balaban J connectivity index is 1.75. The minimum atomic E-state index is -0.0750. The first-order chi connectivity index (χ1) is 9.19. The van der Waals surface area contributed by atoms with Gasteiger partial charge in [-0.15, -0.1) is 0 Å². The number of benzene rings is 1. The molecule has 0 bridgehead atoms. The van der Waals surface area contributed by atoms with E-state index in [1.54, 1.807) is 19.2 Å². The van der Waals surface area contributed by atoms with Crippen LogP contribution in [0.1, 0.15) is 19.3 Å². The number of carbonyl (C=O) groups excluding carboxylic acids is 1. The Morgan fingerprint density at radius 2 is 2.21 bits per heavy atom. The average Bonchev–Trinajstić information content (AvgIpc) is 2.87. The van der Waals surface area contributed by atoms with Crippen molar-refractivity contribution in [1.29, 1.82) is 0 Å². The van der Waals surface area contributed by atoms with Crippen LogP contribution in [-0.2, 0) is 9.53 Å². The zero-order valence-electron chi connectivity index (χ0n) is 11.0. The van der Waals surface area contributed by atoms with E-state index >= 15 is 0 Å². The molecule has 1 fully saturated rings. The van der Waals surface area contributed by atoms with Crippen molar-refractivity contribution >= 4 is 23.2 Å². The third-order valence-electron chi connectivity index (χ3n) is 3.42. The van der Waals surface area contributed by atoms with Gasteiger partial charge in [0.15, 0.2) is 0 Å². The summed E-state index contributed by atoms with van der Waals surface area (Å²) in [6.45, 7) is 0.298. The maximum absolute atomic E-state index is 11.8. The summed E-state index contributed by atoms with van der Waals surface area (Å²) < 4.78 is 5.30. The van der Waals surface area contributed by atoms with Gasteiger partial charge in [0.05, 0.1) is 23.4 Å². The molecule has 2 rings (SSSR count). The summed E-state index contributed by atoms with van der Waals surface area (Å²) in [6.07, 6.45) is 3.40. The molecule has 2 N–H and O–H groups in total. The Morgan fingerprint density at radius 3 is 2.89 bits per heavy atom. The smallest absolute Gasteiger partial charge is 0.238 e. The van der Waals surface area contributed by atoms with Crippen LogP contribution in [0.5, 0.6) is 0 Å². The van der Waals surface area contributed by atoms with Crippen LogP contribution in [-0.4, -0.2) is 31.7 Å². The van der Waals surface area contributed by atoms with E-state index in [0.717, 1.165) is 19.3 Å². The summed E-state index contributed by atoms with van der Waals surface area (Å²) in [5, 5.41) is 6.60. The van der Waals surface area contributed by atoms with E-state index in [0.29, 0.717) is 29.4 Å². The summed E-state index contributed by atoms with van der Waals surface area (Å²) in [5.74, 6) is -0.0750. The maximum atomic E-state index is 11.8. The summed E-state index contributed by atoms with van der Waals surface area (Å²) >= 11 is 5.98. The molecule has 2 atom stereocenters. The Bertz CT molecular complexity index is 439. The van der Waals surface area contributed by atoms with Crippen molar-refractivity contribution in [2.75, 3.05) is 19.0 Å². The predicted octanol–water partition coefficient (Wildman–Crippen LogP) is 2.44. The fourth-order valence-corrected chi connectivity index (χ4v) is 2.52. The van der Waals surface area contributed by atoms with Gasteiger partial charge in [0, 0.05) is 13.2 Å². The molecule has 1 aliphatic rings. The second-order valence-corrected chi connectivity index (χ2v) is 5.18. The minimum Gasteiger partial charge on any atom is -0.381 e. The highest BCUT2D eigenvalue weighted by Gasteiger charge is 2.24. The highest BCUT2D eigenvalue weighted by atomic mass is 35.5. The lowest BCUT2D eigenvalue weighted by atomic mass is 10.2. The maximum Gasteiger partial charge on any atom is 0.238 e. The van der Waals surface area contributed by atoms with Gasteiger partial charge in [-0.1, -0.05) is 23.7 Å². The Hall–Kier alpha value is -1.10. The fourth-order valence-electron chi connectivity index (χ4n) is 2.33. The van der Waals surface area contributed by atoms with Gasteiger partial charge in [-0.3, -0.25) is 4.79 Å². The fraction of sp³-hybridized carbons (Fsp3) is 0.500. The van der Waals surface area contributed by atoms with Gasteiger partial charge in [-0.2, -0.15) is 0 Å². The molecule has 0 spiro atoms. The number of amides is 1. The van der Waals surface area contributed by atoms with Crippen LogP contribution in [0.3, 0.4) is 0 Å². The van der Waals surface area contributed by atoms with Crippen LogP contribution in [0.25, 0.3) is 0 Å². The lowest BCUT2D eigenvalue weighted by Gasteiger charge is -2.13. The number of methoxy groups -OCH3 is 1. The third kappa shape index (κ3) is 4.20. The van der Waals surface area contributed by atoms with Crippen molar-refractivity contribution in [3.8, 4) is 0 Å². The normalized spacial score (nSPS) is 22.4. The van der Waals surface area contributed by atoms with Crippen LogP contribution in [0.2, 0.25) is 5.02 Å².